The first-order valence-corrected chi connectivity index (χ1v) is 10.3. The van der Waals surface area contributed by atoms with E-state index in [1.165, 1.54) is 6.07 Å². The fourth-order valence-corrected chi connectivity index (χ4v) is 3.69. The first kappa shape index (κ1) is 21.3. The highest BCUT2D eigenvalue weighted by Gasteiger charge is 2.21. The van der Waals surface area contributed by atoms with E-state index in [1.54, 1.807) is 24.4 Å². The summed E-state index contributed by atoms with van der Waals surface area (Å²) in [5.74, 6) is -0.344. The number of carboxylic acid groups (broad SMARTS) is 1. The average molecular weight is 430 g/mol. The molecule has 0 saturated carbocycles. The van der Waals surface area contributed by atoms with E-state index >= 15 is 0 Å². The van der Waals surface area contributed by atoms with Crippen molar-refractivity contribution in [2.24, 2.45) is 0 Å². The summed E-state index contributed by atoms with van der Waals surface area (Å²) in [7, 11) is 0. The first-order chi connectivity index (χ1) is 15.6. The fourth-order valence-electron chi connectivity index (χ4n) is 3.69. The third-order valence-corrected chi connectivity index (χ3v) is 5.22. The maximum Gasteiger partial charge on any atom is 0.404 e. The Morgan fingerprint density at radius 1 is 0.938 bits per heavy atom. The molecule has 4 rings (SSSR count). The number of rotatable bonds is 8. The van der Waals surface area contributed by atoms with Crippen LogP contribution >= 0.6 is 0 Å². The normalized spacial score (nSPS) is 11.8. The Bertz CT molecular complexity index is 1180. The summed E-state index contributed by atoms with van der Waals surface area (Å²) in [6, 6.07) is 24.4. The van der Waals surface area contributed by atoms with Gasteiger partial charge in [0.25, 0.3) is 0 Å². The Hall–Kier alpha value is -3.97. The number of amides is 1. The number of aromatic amines is 1. The second-order valence-corrected chi connectivity index (χ2v) is 7.29. The van der Waals surface area contributed by atoms with Crippen LogP contribution in [0, 0.1) is 5.82 Å². The van der Waals surface area contributed by atoms with Gasteiger partial charge in [-0.15, -0.1) is 0 Å². The third-order valence-electron chi connectivity index (χ3n) is 5.22. The van der Waals surface area contributed by atoms with Crippen LogP contribution in [0.1, 0.15) is 17.2 Å². The fraction of sp³-hybridized carbons (Fsp3) is 0.120. The van der Waals surface area contributed by atoms with E-state index < -0.39 is 6.09 Å². The van der Waals surface area contributed by atoms with Gasteiger partial charge in [-0.3, -0.25) is 5.10 Å². The van der Waals surface area contributed by atoms with Gasteiger partial charge in [0.1, 0.15) is 5.82 Å². The lowest BCUT2D eigenvalue weighted by molar-refractivity contribution is 0.194. The van der Waals surface area contributed by atoms with E-state index in [2.05, 4.69) is 33.0 Å². The van der Waals surface area contributed by atoms with Crippen LogP contribution in [0.25, 0.3) is 22.4 Å². The van der Waals surface area contributed by atoms with Gasteiger partial charge in [-0.2, -0.15) is 5.10 Å². The molecule has 162 valence electrons. The molecular formula is C25H23FN4O2. The van der Waals surface area contributed by atoms with Crippen LogP contribution in [0.2, 0.25) is 0 Å². The van der Waals surface area contributed by atoms with E-state index in [0.29, 0.717) is 17.8 Å². The van der Waals surface area contributed by atoms with E-state index in [1.807, 2.05) is 42.5 Å². The predicted molar refractivity (Wildman–Crippen MR) is 122 cm³/mol. The van der Waals surface area contributed by atoms with Crippen molar-refractivity contribution in [1.82, 2.24) is 20.8 Å². The van der Waals surface area contributed by atoms with Gasteiger partial charge in [-0.25, -0.2) is 9.18 Å². The smallest absolute Gasteiger partial charge is 0.404 e. The third kappa shape index (κ3) is 4.84. The molecule has 0 radical (unpaired) electrons. The molecule has 0 fully saturated rings. The van der Waals surface area contributed by atoms with Crippen LogP contribution in [0.3, 0.4) is 0 Å². The van der Waals surface area contributed by atoms with Crippen molar-refractivity contribution in [3.63, 3.8) is 0 Å². The maximum absolute atomic E-state index is 14.5. The van der Waals surface area contributed by atoms with Gasteiger partial charge in [0.05, 0.1) is 17.9 Å². The van der Waals surface area contributed by atoms with Crippen LogP contribution in [0.5, 0.6) is 0 Å². The number of halogens is 1. The number of nitrogens with zero attached hydrogens (tertiary/aromatic N) is 1. The SMILES string of the molecule is O=C(O)NCCNC(c1ccc(-c2ccccc2)cc1)c1cn[nH]c1-c1ccccc1F. The number of H-pyrrole nitrogens is 1. The minimum absolute atomic E-state index is 0.237. The van der Waals surface area contributed by atoms with Gasteiger partial charge < -0.3 is 15.7 Å². The summed E-state index contributed by atoms with van der Waals surface area (Å²) in [6.45, 7) is 0.625. The highest BCUT2D eigenvalue weighted by molar-refractivity contribution is 5.67. The van der Waals surface area contributed by atoms with Crippen LogP contribution < -0.4 is 10.6 Å². The number of aromatic nitrogens is 2. The van der Waals surface area contributed by atoms with Gasteiger partial charge in [0, 0.05) is 24.2 Å². The molecule has 4 aromatic rings. The molecule has 0 aliphatic rings. The van der Waals surface area contributed by atoms with Crippen molar-refractivity contribution in [2.75, 3.05) is 13.1 Å². The summed E-state index contributed by atoms with van der Waals surface area (Å²) < 4.78 is 14.5. The molecule has 0 bridgehead atoms. The minimum atomic E-state index is -1.08. The van der Waals surface area contributed by atoms with Crippen molar-refractivity contribution < 1.29 is 14.3 Å². The molecule has 0 saturated heterocycles. The van der Waals surface area contributed by atoms with Gasteiger partial charge in [0.15, 0.2) is 0 Å². The lowest BCUT2D eigenvalue weighted by atomic mass is 9.94. The van der Waals surface area contributed by atoms with E-state index in [9.17, 15) is 9.18 Å². The monoisotopic (exact) mass is 430 g/mol. The van der Waals surface area contributed by atoms with Crippen molar-refractivity contribution in [2.45, 2.75) is 6.04 Å². The van der Waals surface area contributed by atoms with Crippen molar-refractivity contribution in [1.29, 1.82) is 0 Å². The zero-order valence-corrected chi connectivity index (χ0v) is 17.3. The molecule has 0 aliphatic heterocycles. The van der Waals surface area contributed by atoms with E-state index in [-0.39, 0.29) is 18.4 Å². The minimum Gasteiger partial charge on any atom is -0.465 e. The molecular weight excluding hydrogens is 407 g/mol. The van der Waals surface area contributed by atoms with Gasteiger partial charge >= 0.3 is 6.09 Å². The summed E-state index contributed by atoms with van der Waals surface area (Å²) >= 11 is 0. The molecule has 1 heterocycles. The maximum atomic E-state index is 14.5. The summed E-state index contributed by atoms with van der Waals surface area (Å²) in [5, 5.41) is 21.7. The Labute approximate surface area is 185 Å². The number of hydrogen-bond acceptors (Lipinski definition) is 3. The summed E-state index contributed by atoms with van der Waals surface area (Å²) in [6.07, 6.45) is 0.598. The molecule has 1 atom stereocenters. The standard InChI is InChI=1S/C25H23FN4O2/c26-22-9-5-4-8-20(22)24-21(16-29-30-24)23(27-14-15-28-25(31)32)19-12-10-18(11-13-19)17-6-2-1-3-7-17/h1-13,16,23,27-28H,14-15H2,(H,29,30)(H,31,32). The molecule has 7 heteroatoms. The lowest BCUT2D eigenvalue weighted by Gasteiger charge is -2.20. The zero-order chi connectivity index (χ0) is 22.3. The Morgan fingerprint density at radius 3 is 2.34 bits per heavy atom. The average Bonchev–Trinajstić information content (AvgIpc) is 3.29. The second kappa shape index (κ2) is 9.89. The topological polar surface area (TPSA) is 90.0 Å². The summed E-state index contributed by atoms with van der Waals surface area (Å²) in [4.78, 5) is 10.8. The highest BCUT2D eigenvalue weighted by Crippen LogP contribution is 2.32. The van der Waals surface area contributed by atoms with Gasteiger partial charge in [-0.1, -0.05) is 66.7 Å². The Balaban J connectivity index is 1.67. The van der Waals surface area contributed by atoms with Gasteiger partial charge in [0.2, 0.25) is 0 Å². The molecule has 1 aromatic heterocycles. The number of nitrogens with one attached hydrogen (secondary N) is 3. The molecule has 1 amide bonds. The number of benzene rings is 3. The second-order valence-electron chi connectivity index (χ2n) is 7.29. The summed E-state index contributed by atoms with van der Waals surface area (Å²) in [5.41, 5.74) is 4.94. The highest BCUT2D eigenvalue weighted by atomic mass is 19.1. The van der Waals surface area contributed by atoms with E-state index in [0.717, 1.165) is 22.3 Å². The van der Waals surface area contributed by atoms with Crippen molar-refractivity contribution >= 4 is 6.09 Å². The number of carbonyl (C=O) groups is 1. The number of hydrogen-bond donors (Lipinski definition) is 4. The Kier molecular flexibility index (Phi) is 6.57. The predicted octanol–water partition coefficient (Wildman–Crippen LogP) is 4.83. The van der Waals surface area contributed by atoms with Crippen molar-refractivity contribution in [3.8, 4) is 22.4 Å². The van der Waals surface area contributed by atoms with Gasteiger partial charge in [-0.05, 0) is 28.8 Å². The van der Waals surface area contributed by atoms with Crippen LogP contribution in [-0.4, -0.2) is 34.5 Å². The zero-order valence-electron chi connectivity index (χ0n) is 17.3. The molecule has 3 aromatic carbocycles. The lowest BCUT2D eigenvalue weighted by Crippen LogP contribution is -2.33. The molecule has 6 nitrogen and oxygen atoms in total. The molecule has 0 spiro atoms. The quantitative estimate of drug-likeness (QED) is 0.302. The molecule has 32 heavy (non-hydrogen) atoms. The molecule has 0 aliphatic carbocycles. The van der Waals surface area contributed by atoms with E-state index in [4.69, 9.17) is 5.11 Å². The molecule has 1 unspecified atom stereocenters. The first-order valence-electron chi connectivity index (χ1n) is 10.3. The van der Waals surface area contributed by atoms with Crippen molar-refractivity contribution in [3.05, 3.63) is 102 Å². The van der Waals surface area contributed by atoms with Crippen LogP contribution in [-0.2, 0) is 0 Å². The largest absolute Gasteiger partial charge is 0.465 e. The Morgan fingerprint density at radius 2 is 1.62 bits per heavy atom. The van der Waals surface area contributed by atoms with Crippen LogP contribution in [0.15, 0.2) is 85.1 Å². The van der Waals surface area contributed by atoms with Crippen LogP contribution in [0.4, 0.5) is 9.18 Å². The molecule has 4 N–H and O–H groups in total.